The third-order valence-electron chi connectivity index (χ3n) is 8.56. The molecule has 2 aliphatic rings. The number of benzene rings is 3. The quantitative estimate of drug-likeness (QED) is 0.252. The zero-order valence-corrected chi connectivity index (χ0v) is 25.4. The van der Waals surface area contributed by atoms with Crippen molar-refractivity contribution in [1.82, 2.24) is 25.0 Å². The van der Waals surface area contributed by atoms with Crippen LogP contribution in [0.2, 0.25) is 5.02 Å². The maximum absolute atomic E-state index is 12.9. The van der Waals surface area contributed by atoms with Crippen LogP contribution in [-0.2, 0) is 23.9 Å². The summed E-state index contributed by atoms with van der Waals surface area (Å²) in [5.74, 6) is 0. The van der Waals surface area contributed by atoms with Gasteiger partial charge < -0.3 is 29.9 Å². The smallest absolute Gasteiger partial charge is 0.251 e. The first kappa shape index (κ1) is 29.4. The summed E-state index contributed by atoms with van der Waals surface area (Å²) in [5.41, 5.74) is 4.22. The summed E-state index contributed by atoms with van der Waals surface area (Å²) in [6.45, 7) is 6.84. The fourth-order valence-corrected chi connectivity index (χ4v) is 6.25. The lowest BCUT2D eigenvalue weighted by Crippen LogP contribution is -2.40. The molecule has 1 atom stereocenters. The molecule has 9 heteroatoms. The van der Waals surface area contributed by atoms with Gasteiger partial charge in [-0.2, -0.15) is 0 Å². The van der Waals surface area contributed by atoms with Gasteiger partial charge in [0.15, 0.2) is 5.60 Å². The van der Waals surface area contributed by atoms with E-state index >= 15 is 0 Å². The largest absolute Gasteiger partial charge is 0.379 e. The minimum Gasteiger partial charge on any atom is -0.379 e. The number of likely N-dealkylation sites (N-methyl/N-ethyl adjacent to an activating group) is 1. The van der Waals surface area contributed by atoms with Crippen molar-refractivity contribution in [3.63, 3.8) is 0 Å². The Morgan fingerprint density at radius 3 is 2.49 bits per heavy atom. The number of halogens is 1. The summed E-state index contributed by atoms with van der Waals surface area (Å²) in [7, 11) is 3.73. The number of aliphatic hydroxyl groups is 1. The van der Waals surface area contributed by atoms with Gasteiger partial charge in [-0.1, -0.05) is 54.1 Å². The number of aromatic nitrogens is 1. The van der Waals surface area contributed by atoms with Crippen LogP contribution in [0.5, 0.6) is 0 Å². The number of morpholine rings is 1. The molecule has 0 bridgehead atoms. The summed E-state index contributed by atoms with van der Waals surface area (Å²) in [5, 5.41) is 20.9. The average Bonchev–Trinajstić information content (AvgIpc) is 3.47. The van der Waals surface area contributed by atoms with Gasteiger partial charge in [0, 0.05) is 69.5 Å². The van der Waals surface area contributed by atoms with Gasteiger partial charge in [-0.15, -0.1) is 0 Å². The number of hydrogen-bond donors (Lipinski definition) is 3. The van der Waals surface area contributed by atoms with Gasteiger partial charge in [0.1, 0.15) is 0 Å². The number of aryl methyl sites for hydroxylation is 1. The monoisotopic (exact) mass is 599 g/mol. The molecule has 0 spiro atoms. The molecule has 0 amide bonds. The van der Waals surface area contributed by atoms with Crippen LogP contribution in [0.25, 0.3) is 22.0 Å². The predicted molar refractivity (Wildman–Crippen MR) is 172 cm³/mol. The SMILES string of the molecule is CN1CNC=C1C(O)(c1ccc(CNCCN2CCOCC2)cc1)c1ccc2c(c1)c(-c1cccc(Cl)c1)cc(=O)n2C. The van der Waals surface area contributed by atoms with Crippen LogP contribution in [0.3, 0.4) is 0 Å². The Morgan fingerprint density at radius 1 is 1.00 bits per heavy atom. The van der Waals surface area contributed by atoms with E-state index in [9.17, 15) is 9.90 Å². The molecule has 224 valence electrons. The standard InChI is InChI=1S/C34H38ClN5O3/c1-38-23-37-22-32(38)34(42,26-8-6-24(7-9-26)21-36-12-13-40-14-16-43-17-15-40)27-10-11-31-30(19-27)29(20-33(41)39(31)2)25-4-3-5-28(35)18-25/h3-11,18-20,22,36-37,42H,12-17,21,23H2,1-2H3. The molecule has 1 saturated heterocycles. The van der Waals surface area contributed by atoms with Crippen LogP contribution in [0.15, 0.2) is 89.5 Å². The predicted octanol–water partition coefficient (Wildman–Crippen LogP) is 3.85. The number of nitrogens with zero attached hydrogens (tertiary/aromatic N) is 3. The van der Waals surface area contributed by atoms with Crippen LogP contribution in [0.1, 0.15) is 16.7 Å². The van der Waals surface area contributed by atoms with Crippen LogP contribution in [0.4, 0.5) is 0 Å². The third kappa shape index (κ3) is 5.94. The number of nitrogens with one attached hydrogen (secondary N) is 2. The average molecular weight is 600 g/mol. The molecule has 1 unspecified atom stereocenters. The lowest BCUT2D eigenvalue weighted by molar-refractivity contribution is 0.0384. The second-order valence-corrected chi connectivity index (χ2v) is 11.8. The van der Waals surface area contributed by atoms with Crippen molar-refractivity contribution in [1.29, 1.82) is 0 Å². The molecule has 2 aliphatic heterocycles. The number of hydrogen-bond acceptors (Lipinski definition) is 7. The maximum atomic E-state index is 12.9. The van der Waals surface area contributed by atoms with Gasteiger partial charge in [0.05, 0.1) is 31.1 Å². The minimum atomic E-state index is -1.44. The number of rotatable bonds is 9. The molecule has 4 aromatic rings. The Balaban J connectivity index is 1.35. The van der Waals surface area contributed by atoms with Gasteiger partial charge in [-0.05, 0) is 52.1 Å². The van der Waals surface area contributed by atoms with Crippen LogP contribution < -0.4 is 16.2 Å². The van der Waals surface area contributed by atoms with E-state index in [1.54, 1.807) is 17.7 Å². The van der Waals surface area contributed by atoms with Gasteiger partial charge in [-0.25, -0.2) is 0 Å². The molecule has 0 saturated carbocycles. The number of fused-ring (bicyclic) bond motifs is 1. The lowest BCUT2D eigenvalue weighted by Gasteiger charge is -2.34. The molecule has 1 fully saturated rings. The number of ether oxygens (including phenoxy) is 1. The van der Waals surface area contributed by atoms with Crippen molar-refractivity contribution in [3.8, 4) is 11.1 Å². The van der Waals surface area contributed by atoms with E-state index in [-0.39, 0.29) is 5.56 Å². The molecule has 3 aromatic carbocycles. The molecule has 0 aliphatic carbocycles. The highest BCUT2D eigenvalue weighted by atomic mass is 35.5. The van der Waals surface area contributed by atoms with Crippen molar-refractivity contribution in [2.75, 3.05) is 53.1 Å². The molecule has 0 radical (unpaired) electrons. The highest BCUT2D eigenvalue weighted by Crippen LogP contribution is 2.41. The molecule has 3 heterocycles. The minimum absolute atomic E-state index is 0.109. The fourth-order valence-electron chi connectivity index (χ4n) is 6.06. The summed E-state index contributed by atoms with van der Waals surface area (Å²) >= 11 is 6.34. The highest BCUT2D eigenvalue weighted by molar-refractivity contribution is 6.30. The van der Waals surface area contributed by atoms with E-state index in [2.05, 4.69) is 27.7 Å². The molecule has 43 heavy (non-hydrogen) atoms. The second kappa shape index (κ2) is 12.5. The molecule has 3 N–H and O–H groups in total. The van der Waals surface area contributed by atoms with E-state index in [0.29, 0.717) is 17.3 Å². The zero-order valence-electron chi connectivity index (χ0n) is 24.6. The van der Waals surface area contributed by atoms with Crippen molar-refractivity contribution < 1.29 is 9.84 Å². The Bertz CT molecular complexity index is 1700. The molecule has 1 aromatic heterocycles. The summed E-state index contributed by atoms with van der Waals surface area (Å²) in [6.07, 6.45) is 1.88. The van der Waals surface area contributed by atoms with Crippen LogP contribution in [-0.4, -0.2) is 72.6 Å². The Kier molecular flexibility index (Phi) is 8.56. The maximum Gasteiger partial charge on any atom is 0.251 e. The first-order valence-corrected chi connectivity index (χ1v) is 15.1. The van der Waals surface area contributed by atoms with E-state index < -0.39 is 5.60 Å². The van der Waals surface area contributed by atoms with E-state index in [1.165, 1.54) is 0 Å². The van der Waals surface area contributed by atoms with Gasteiger partial charge in [0.25, 0.3) is 5.56 Å². The molecular weight excluding hydrogens is 562 g/mol. The Labute approximate surface area is 257 Å². The first-order chi connectivity index (χ1) is 20.8. The van der Waals surface area contributed by atoms with E-state index in [0.717, 1.165) is 84.8 Å². The van der Waals surface area contributed by atoms with Gasteiger partial charge >= 0.3 is 0 Å². The highest BCUT2D eigenvalue weighted by Gasteiger charge is 2.40. The molecule has 6 rings (SSSR count). The summed E-state index contributed by atoms with van der Waals surface area (Å²) < 4.78 is 7.07. The van der Waals surface area contributed by atoms with Crippen LogP contribution >= 0.6 is 11.6 Å². The topological polar surface area (TPSA) is 82.0 Å². The van der Waals surface area contributed by atoms with Crippen molar-refractivity contribution in [2.45, 2.75) is 12.1 Å². The Morgan fingerprint density at radius 2 is 1.77 bits per heavy atom. The molecule has 8 nitrogen and oxygen atoms in total. The van der Waals surface area contributed by atoms with E-state index in [1.807, 2.05) is 72.7 Å². The third-order valence-corrected chi connectivity index (χ3v) is 8.79. The zero-order chi connectivity index (χ0) is 30.0. The van der Waals surface area contributed by atoms with Gasteiger partial charge in [0.2, 0.25) is 0 Å². The Hall–Kier alpha value is -3.66. The molecular formula is C34H38ClN5O3. The lowest BCUT2D eigenvalue weighted by atomic mass is 9.82. The first-order valence-electron chi connectivity index (χ1n) is 14.7. The summed E-state index contributed by atoms with van der Waals surface area (Å²) in [4.78, 5) is 17.4. The second-order valence-electron chi connectivity index (χ2n) is 11.3. The summed E-state index contributed by atoms with van der Waals surface area (Å²) in [6, 6.07) is 23.1. The van der Waals surface area contributed by atoms with Crippen molar-refractivity contribution in [2.24, 2.45) is 7.05 Å². The fraction of sp³-hybridized carbons (Fsp3) is 0.324. The normalized spacial score (nSPS) is 17.1. The number of pyridine rings is 1. The van der Waals surface area contributed by atoms with Crippen LogP contribution in [0, 0.1) is 0 Å². The van der Waals surface area contributed by atoms with E-state index in [4.69, 9.17) is 16.3 Å². The van der Waals surface area contributed by atoms with Gasteiger partial charge in [-0.3, -0.25) is 9.69 Å². The van der Waals surface area contributed by atoms with Crippen molar-refractivity contribution in [3.05, 3.63) is 117 Å². The van der Waals surface area contributed by atoms with Crippen molar-refractivity contribution >= 4 is 22.5 Å².